The molecule has 0 fully saturated rings. The molecule has 0 radical (unpaired) electrons. The minimum Gasteiger partial charge on any atom is -0.492 e. The zero-order valence-electron chi connectivity index (χ0n) is 10.5. The van der Waals surface area contributed by atoms with Crippen molar-refractivity contribution in [3.05, 3.63) is 26.7 Å². The lowest BCUT2D eigenvalue weighted by Gasteiger charge is -2.10. The Bertz CT molecular complexity index is 465. The van der Waals surface area contributed by atoms with Crippen LogP contribution in [0.2, 0.25) is 0 Å². The van der Waals surface area contributed by atoms with Crippen LogP contribution in [0.1, 0.15) is 26.2 Å². The first-order valence-corrected chi connectivity index (χ1v) is 6.70. The van der Waals surface area contributed by atoms with E-state index in [1.165, 1.54) is 12.1 Å². The molecular weight excluding hydrogens is 316 g/mol. The van der Waals surface area contributed by atoms with Crippen LogP contribution in [0.4, 0.5) is 11.4 Å². The number of nitro groups is 1. The van der Waals surface area contributed by atoms with Gasteiger partial charge in [0.05, 0.1) is 16.0 Å². The molecule has 6 nitrogen and oxygen atoms in total. The molecule has 1 N–H and O–H groups in total. The van der Waals surface area contributed by atoms with Gasteiger partial charge in [0.15, 0.2) is 0 Å². The van der Waals surface area contributed by atoms with Crippen LogP contribution in [0.15, 0.2) is 16.6 Å². The molecule has 0 heterocycles. The minimum absolute atomic E-state index is 0.119. The number of unbranched alkanes of at least 4 members (excludes halogenated alkanes) is 2. The van der Waals surface area contributed by atoms with Gasteiger partial charge in [0.1, 0.15) is 11.4 Å². The van der Waals surface area contributed by atoms with Crippen LogP contribution in [0, 0.1) is 10.1 Å². The maximum Gasteiger partial charge on any atom is 0.294 e. The first-order chi connectivity index (χ1) is 9.10. The number of anilines is 1. The molecule has 1 aromatic carbocycles. The van der Waals surface area contributed by atoms with Crippen LogP contribution in [-0.2, 0) is 4.79 Å². The molecule has 7 heteroatoms. The number of hydrogen-bond donors (Lipinski definition) is 1. The third kappa shape index (κ3) is 4.51. The number of carbonyl (C=O) groups is 1. The first kappa shape index (κ1) is 15.4. The maximum absolute atomic E-state index is 10.8. The molecule has 1 rings (SSSR count). The molecule has 0 bridgehead atoms. The summed E-state index contributed by atoms with van der Waals surface area (Å²) in [6.45, 7) is 2.62. The molecule has 19 heavy (non-hydrogen) atoms. The molecule has 0 aliphatic carbocycles. The van der Waals surface area contributed by atoms with Crippen LogP contribution in [-0.4, -0.2) is 17.9 Å². The fourth-order valence-electron chi connectivity index (χ4n) is 1.52. The van der Waals surface area contributed by atoms with Crippen LogP contribution < -0.4 is 10.1 Å². The number of halogens is 1. The second-order valence-corrected chi connectivity index (χ2v) is 4.73. The van der Waals surface area contributed by atoms with E-state index in [1.807, 2.05) is 0 Å². The fourth-order valence-corrected chi connectivity index (χ4v) is 1.96. The number of rotatable bonds is 8. The Kier molecular flexibility index (Phi) is 6.27. The number of nitro benzene ring substituents is 1. The summed E-state index contributed by atoms with van der Waals surface area (Å²) in [5.41, 5.74) is -0.0615. The van der Waals surface area contributed by atoms with E-state index in [4.69, 9.17) is 4.74 Å². The summed E-state index contributed by atoms with van der Waals surface area (Å²) in [7, 11) is 0. The van der Waals surface area contributed by atoms with Gasteiger partial charge in [0.2, 0.25) is 6.41 Å². The van der Waals surface area contributed by atoms with Crippen molar-refractivity contribution in [2.75, 3.05) is 11.9 Å². The normalized spacial score (nSPS) is 10.0. The highest BCUT2D eigenvalue weighted by Gasteiger charge is 2.17. The van der Waals surface area contributed by atoms with E-state index in [9.17, 15) is 14.9 Å². The number of nitrogens with zero attached hydrogens (tertiary/aromatic N) is 1. The second kappa shape index (κ2) is 7.73. The van der Waals surface area contributed by atoms with E-state index in [-0.39, 0.29) is 11.4 Å². The number of nitrogens with one attached hydrogen (secondary N) is 1. The highest BCUT2D eigenvalue weighted by molar-refractivity contribution is 9.10. The van der Waals surface area contributed by atoms with Crippen molar-refractivity contribution in [1.29, 1.82) is 0 Å². The van der Waals surface area contributed by atoms with Crippen molar-refractivity contribution in [2.45, 2.75) is 26.2 Å². The average molecular weight is 331 g/mol. The van der Waals surface area contributed by atoms with Gasteiger partial charge in [-0.2, -0.15) is 0 Å². The Morgan fingerprint density at radius 2 is 2.21 bits per heavy atom. The van der Waals surface area contributed by atoms with Gasteiger partial charge in [-0.1, -0.05) is 19.8 Å². The highest BCUT2D eigenvalue weighted by Crippen LogP contribution is 2.35. The fraction of sp³-hybridized carbons (Fsp3) is 0.417. The molecule has 0 saturated heterocycles. The second-order valence-electron chi connectivity index (χ2n) is 3.87. The zero-order valence-corrected chi connectivity index (χ0v) is 12.1. The summed E-state index contributed by atoms with van der Waals surface area (Å²) in [5.74, 6) is 0.478. The van der Waals surface area contributed by atoms with Crippen LogP contribution in [0.5, 0.6) is 5.75 Å². The third-order valence-corrected chi connectivity index (χ3v) is 3.09. The quantitative estimate of drug-likeness (QED) is 0.342. The molecule has 0 saturated carbocycles. The number of benzene rings is 1. The monoisotopic (exact) mass is 330 g/mol. The Hall–Kier alpha value is -1.63. The predicted octanol–water partition coefficient (Wildman–Crippen LogP) is 3.49. The lowest BCUT2D eigenvalue weighted by molar-refractivity contribution is -0.384. The summed E-state index contributed by atoms with van der Waals surface area (Å²) in [4.78, 5) is 20.7. The molecule has 1 aromatic rings. The van der Waals surface area contributed by atoms with Crippen molar-refractivity contribution < 1.29 is 14.5 Å². The van der Waals surface area contributed by atoms with Gasteiger partial charge in [-0.25, -0.2) is 0 Å². The van der Waals surface area contributed by atoms with E-state index in [1.54, 1.807) is 0 Å². The summed E-state index contributed by atoms with van der Waals surface area (Å²) >= 11 is 3.22. The number of ether oxygens (including phenoxy) is 1. The molecule has 0 unspecified atom stereocenters. The van der Waals surface area contributed by atoms with E-state index in [0.717, 1.165) is 19.3 Å². The van der Waals surface area contributed by atoms with Gasteiger partial charge in [-0.3, -0.25) is 14.9 Å². The molecule has 0 spiro atoms. The number of hydrogen-bond acceptors (Lipinski definition) is 4. The smallest absolute Gasteiger partial charge is 0.294 e. The SMILES string of the molecule is CCCCCOc1cc(NC=O)c([N+](=O)[O-])cc1Br. The predicted molar refractivity (Wildman–Crippen MR) is 75.5 cm³/mol. The van der Waals surface area contributed by atoms with Gasteiger partial charge in [-0.05, 0) is 22.4 Å². The minimum atomic E-state index is -0.558. The van der Waals surface area contributed by atoms with Crippen molar-refractivity contribution in [1.82, 2.24) is 0 Å². The zero-order chi connectivity index (χ0) is 14.3. The average Bonchev–Trinajstić information content (AvgIpc) is 2.37. The summed E-state index contributed by atoms with van der Waals surface area (Å²) in [5, 5.41) is 13.2. The molecule has 104 valence electrons. The molecule has 0 aliphatic heterocycles. The van der Waals surface area contributed by atoms with E-state index in [0.29, 0.717) is 23.2 Å². The van der Waals surface area contributed by atoms with Crippen molar-refractivity contribution in [2.24, 2.45) is 0 Å². The van der Waals surface area contributed by atoms with Gasteiger partial charge >= 0.3 is 0 Å². The van der Waals surface area contributed by atoms with Crippen LogP contribution in [0.25, 0.3) is 0 Å². The Labute approximate surface area is 119 Å². The Morgan fingerprint density at radius 1 is 1.47 bits per heavy atom. The molecule has 0 aliphatic rings. The highest BCUT2D eigenvalue weighted by atomic mass is 79.9. The third-order valence-electron chi connectivity index (χ3n) is 2.47. The van der Waals surface area contributed by atoms with E-state index >= 15 is 0 Å². The van der Waals surface area contributed by atoms with E-state index in [2.05, 4.69) is 28.2 Å². The molecular formula is C12H15BrN2O4. The van der Waals surface area contributed by atoms with E-state index < -0.39 is 4.92 Å². The summed E-state index contributed by atoms with van der Waals surface area (Å²) < 4.78 is 6.03. The lowest BCUT2D eigenvalue weighted by atomic mass is 10.2. The standard InChI is InChI=1S/C12H15BrN2O4/c1-2-3-4-5-19-12-7-10(14-8-16)11(15(17)18)6-9(12)13/h6-8H,2-5H2,1H3,(H,14,16). The Morgan fingerprint density at radius 3 is 2.79 bits per heavy atom. The molecule has 0 aromatic heterocycles. The topological polar surface area (TPSA) is 81.5 Å². The lowest BCUT2D eigenvalue weighted by Crippen LogP contribution is -2.03. The van der Waals surface area contributed by atoms with Crippen molar-refractivity contribution in [3.63, 3.8) is 0 Å². The van der Waals surface area contributed by atoms with Gasteiger partial charge < -0.3 is 10.1 Å². The van der Waals surface area contributed by atoms with Gasteiger partial charge in [0, 0.05) is 12.1 Å². The molecule has 0 atom stereocenters. The van der Waals surface area contributed by atoms with Crippen LogP contribution in [0.3, 0.4) is 0 Å². The van der Waals surface area contributed by atoms with Gasteiger partial charge in [-0.15, -0.1) is 0 Å². The first-order valence-electron chi connectivity index (χ1n) is 5.91. The van der Waals surface area contributed by atoms with Crippen molar-refractivity contribution in [3.8, 4) is 5.75 Å². The number of amides is 1. The van der Waals surface area contributed by atoms with Crippen LogP contribution >= 0.6 is 15.9 Å². The summed E-state index contributed by atoms with van der Waals surface area (Å²) in [6, 6.07) is 2.77. The summed E-state index contributed by atoms with van der Waals surface area (Å²) in [6.07, 6.45) is 3.46. The number of carbonyl (C=O) groups excluding carboxylic acids is 1. The Balaban J connectivity index is 2.90. The van der Waals surface area contributed by atoms with Gasteiger partial charge in [0.25, 0.3) is 5.69 Å². The maximum atomic E-state index is 10.8. The largest absolute Gasteiger partial charge is 0.492 e. The molecule has 1 amide bonds. The van der Waals surface area contributed by atoms with Crippen molar-refractivity contribution >= 4 is 33.7 Å².